The quantitative estimate of drug-likeness (QED) is 0.496. The van der Waals surface area contributed by atoms with Crippen molar-refractivity contribution in [1.29, 1.82) is 0 Å². The van der Waals surface area contributed by atoms with Crippen LogP contribution in [0.2, 0.25) is 0 Å². The Morgan fingerprint density at radius 3 is 3.09 bits per heavy atom. The summed E-state index contributed by atoms with van der Waals surface area (Å²) in [5, 5.41) is 8.79. The van der Waals surface area contributed by atoms with Gasteiger partial charge in [-0.3, -0.25) is 0 Å². The number of hydrogen-bond acceptors (Lipinski definition) is 1. The maximum absolute atomic E-state index is 8.79. The number of nitrogens with zero attached hydrogens (tertiary/aromatic N) is 1. The Morgan fingerprint density at radius 1 is 1.64 bits per heavy atom. The van der Waals surface area contributed by atoms with E-state index in [2.05, 4.69) is 6.58 Å². The lowest BCUT2D eigenvalue weighted by molar-refractivity contribution is -0.687. The van der Waals surface area contributed by atoms with Crippen molar-refractivity contribution in [3.63, 3.8) is 0 Å². The summed E-state index contributed by atoms with van der Waals surface area (Å²) in [6, 6.07) is 3.80. The highest BCUT2D eigenvalue weighted by Gasteiger charge is 1.97. The molecule has 0 radical (unpaired) electrons. The zero-order chi connectivity index (χ0) is 8.10. The fourth-order valence-electron chi connectivity index (χ4n) is 0.932. The fourth-order valence-corrected chi connectivity index (χ4v) is 0.932. The molecule has 58 valence electrons. The highest BCUT2D eigenvalue weighted by molar-refractivity contribution is 5.03. The lowest BCUT2D eigenvalue weighted by atomic mass is 10.3. The number of allylic oxidation sites excluding steroid dienone is 1. The topological polar surface area (TPSA) is 24.1 Å². The standard InChI is InChI=1S/C9H12NO/c1-2-5-10-6-3-4-9(7-10)8-11/h2-4,6-7,11H,1,5,8H2/q+1. The van der Waals surface area contributed by atoms with Crippen molar-refractivity contribution in [2.24, 2.45) is 0 Å². The second kappa shape index (κ2) is 3.88. The SMILES string of the molecule is C=CC[n+]1cccc(CO)c1. The molecule has 0 spiro atoms. The van der Waals surface area contributed by atoms with Crippen LogP contribution in [0.4, 0.5) is 0 Å². The molecule has 1 heterocycles. The van der Waals surface area contributed by atoms with Gasteiger partial charge >= 0.3 is 0 Å². The summed E-state index contributed by atoms with van der Waals surface area (Å²) in [6.07, 6.45) is 5.67. The van der Waals surface area contributed by atoms with Crippen LogP contribution in [0.25, 0.3) is 0 Å². The van der Waals surface area contributed by atoms with Crippen molar-refractivity contribution < 1.29 is 9.67 Å². The molecule has 0 unspecified atom stereocenters. The van der Waals surface area contributed by atoms with Crippen LogP contribution in [0.5, 0.6) is 0 Å². The Balaban J connectivity index is 2.82. The summed E-state index contributed by atoms with van der Waals surface area (Å²) in [5.41, 5.74) is 0.925. The van der Waals surface area contributed by atoms with Gasteiger partial charge in [-0.1, -0.05) is 6.58 Å². The van der Waals surface area contributed by atoms with Gasteiger partial charge < -0.3 is 5.11 Å². The molecule has 1 aromatic rings. The van der Waals surface area contributed by atoms with Crippen LogP contribution in [0.15, 0.2) is 37.2 Å². The van der Waals surface area contributed by atoms with Crippen LogP contribution in [-0.2, 0) is 13.2 Å². The second-order valence-electron chi connectivity index (χ2n) is 2.36. The first-order chi connectivity index (χ1) is 5.36. The number of rotatable bonds is 3. The first kappa shape index (κ1) is 7.95. The van der Waals surface area contributed by atoms with E-state index in [9.17, 15) is 0 Å². The molecule has 0 saturated heterocycles. The Morgan fingerprint density at radius 2 is 2.45 bits per heavy atom. The predicted molar refractivity (Wildman–Crippen MR) is 42.8 cm³/mol. The van der Waals surface area contributed by atoms with Gasteiger partial charge in [-0.05, 0) is 12.1 Å². The van der Waals surface area contributed by atoms with E-state index in [-0.39, 0.29) is 6.61 Å². The number of aliphatic hydroxyl groups is 1. The normalized spacial score (nSPS) is 9.55. The summed E-state index contributed by atoms with van der Waals surface area (Å²) in [6.45, 7) is 4.51. The first-order valence-electron chi connectivity index (χ1n) is 3.56. The largest absolute Gasteiger partial charge is 0.391 e. The molecule has 0 aromatic carbocycles. The fraction of sp³-hybridized carbons (Fsp3) is 0.222. The summed E-state index contributed by atoms with van der Waals surface area (Å²) < 4.78 is 1.97. The Kier molecular flexibility index (Phi) is 2.81. The van der Waals surface area contributed by atoms with Crippen molar-refractivity contribution in [3.8, 4) is 0 Å². The lowest BCUT2D eigenvalue weighted by Gasteiger charge is -1.93. The van der Waals surface area contributed by atoms with E-state index in [1.54, 1.807) is 0 Å². The van der Waals surface area contributed by atoms with E-state index in [4.69, 9.17) is 5.11 Å². The van der Waals surface area contributed by atoms with E-state index >= 15 is 0 Å². The summed E-state index contributed by atoms with van der Waals surface area (Å²) in [4.78, 5) is 0. The van der Waals surface area contributed by atoms with E-state index in [0.717, 1.165) is 12.1 Å². The van der Waals surface area contributed by atoms with Crippen molar-refractivity contribution in [2.45, 2.75) is 13.2 Å². The van der Waals surface area contributed by atoms with Gasteiger partial charge in [0.05, 0.1) is 6.61 Å². The molecular weight excluding hydrogens is 138 g/mol. The monoisotopic (exact) mass is 150 g/mol. The number of hydrogen-bond donors (Lipinski definition) is 1. The zero-order valence-electron chi connectivity index (χ0n) is 6.40. The molecule has 0 aliphatic carbocycles. The highest BCUT2D eigenvalue weighted by Crippen LogP contribution is 1.92. The average molecular weight is 150 g/mol. The van der Waals surface area contributed by atoms with Crippen LogP contribution >= 0.6 is 0 Å². The highest BCUT2D eigenvalue weighted by atomic mass is 16.3. The Labute approximate surface area is 66.4 Å². The second-order valence-corrected chi connectivity index (χ2v) is 2.36. The van der Waals surface area contributed by atoms with Gasteiger partial charge in [0.1, 0.15) is 0 Å². The summed E-state index contributed by atoms with van der Waals surface area (Å²) >= 11 is 0. The smallest absolute Gasteiger partial charge is 0.174 e. The summed E-state index contributed by atoms with van der Waals surface area (Å²) in [5.74, 6) is 0. The lowest BCUT2D eigenvalue weighted by Crippen LogP contribution is -2.31. The van der Waals surface area contributed by atoms with E-state index in [0.29, 0.717) is 0 Å². The molecule has 1 rings (SSSR count). The number of aromatic nitrogens is 1. The van der Waals surface area contributed by atoms with E-state index in [1.165, 1.54) is 0 Å². The minimum absolute atomic E-state index is 0.0952. The van der Waals surface area contributed by atoms with Crippen LogP contribution < -0.4 is 4.57 Å². The Hall–Kier alpha value is -1.15. The van der Waals surface area contributed by atoms with Gasteiger partial charge in [0.2, 0.25) is 0 Å². The predicted octanol–water partition coefficient (Wildman–Crippen LogP) is 0.652. The molecule has 0 fully saturated rings. The van der Waals surface area contributed by atoms with Crippen molar-refractivity contribution in [3.05, 3.63) is 42.7 Å². The van der Waals surface area contributed by atoms with Gasteiger partial charge in [0.25, 0.3) is 0 Å². The minimum Gasteiger partial charge on any atom is -0.391 e. The van der Waals surface area contributed by atoms with Gasteiger partial charge in [-0.25, -0.2) is 4.57 Å². The minimum atomic E-state index is 0.0952. The maximum Gasteiger partial charge on any atom is 0.174 e. The van der Waals surface area contributed by atoms with Crippen molar-refractivity contribution in [1.82, 2.24) is 0 Å². The van der Waals surface area contributed by atoms with Crippen LogP contribution in [-0.4, -0.2) is 5.11 Å². The summed E-state index contributed by atoms with van der Waals surface area (Å²) in [7, 11) is 0. The molecule has 0 aliphatic rings. The van der Waals surface area contributed by atoms with Crippen molar-refractivity contribution >= 4 is 0 Å². The molecule has 0 saturated carbocycles. The van der Waals surface area contributed by atoms with Gasteiger partial charge in [0.15, 0.2) is 18.9 Å². The zero-order valence-corrected chi connectivity index (χ0v) is 6.40. The van der Waals surface area contributed by atoms with E-state index < -0.39 is 0 Å². The average Bonchev–Trinajstić information content (AvgIpc) is 2.06. The maximum atomic E-state index is 8.79. The third-order valence-corrected chi connectivity index (χ3v) is 1.44. The van der Waals surface area contributed by atoms with Crippen LogP contribution in [0, 0.1) is 0 Å². The van der Waals surface area contributed by atoms with Gasteiger partial charge in [-0.2, -0.15) is 0 Å². The molecule has 2 heteroatoms. The van der Waals surface area contributed by atoms with Gasteiger partial charge in [0, 0.05) is 11.6 Å². The first-order valence-corrected chi connectivity index (χ1v) is 3.56. The molecule has 0 bridgehead atoms. The molecule has 0 aliphatic heterocycles. The molecule has 1 aromatic heterocycles. The molecular formula is C9H12NO+. The molecule has 0 amide bonds. The van der Waals surface area contributed by atoms with Crippen LogP contribution in [0.1, 0.15) is 5.56 Å². The number of pyridine rings is 1. The van der Waals surface area contributed by atoms with Crippen LogP contribution in [0.3, 0.4) is 0 Å². The van der Waals surface area contributed by atoms with Crippen molar-refractivity contribution in [2.75, 3.05) is 0 Å². The third kappa shape index (κ3) is 2.16. The molecule has 1 N–H and O–H groups in total. The third-order valence-electron chi connectivity index (χ3n) is 1.44. The van der Waals surface area contributed by atoms with E-state index in [1.807, 2.05) is 35.2 Å². The Bertz CT molecular complexity index is 245. The number of aliphatic hydroxyl groups excluding tert-OH is 1. The molecule has 2 nitrogen and oxygen atoms in total. The molecule has 11 heavy (non-hydrogen) atoms. The van der Waals surface area contributed by atoms with Gasteiger partial charge in [-0.15, -0.1) is 0 Å². The molecule has 0 atom stereocenters.